The third-order valence-corrected chi connectivity index (χ3v) is 5.51. The van der Waals surface area contributed by atoms with Crippen LogP contribution in [0.15, 0.2) is 28.9 Å². The summed E-state index contributed by atoms with van der Waals surface area (Å²) in [5.74, 6) is -11.8. The number of carbonyl (C=O) groups is 1. The van der Waals surface area contributed by atoms with Crippen molar-refractivity contribution >= 4 is 34.3 Å². The molecule has 2 aromatic carbocycles. The van der Waals surface area contributed by atoms with E-state index >= 15 is 0 Å². The van der Waals surface area contributed by atoms with Crippen LogP contribution in [0.2, 0.25) is 0 Å². The molecule has 160 valence electrons. The molecule has 31 heavy (non-hydrogen) atoms. The lowest BCUT2D eigenvalue weighted by molar-refractivity contribution is -0.114. The number of hydrogen-bond donors (Lipinski definition) is 0. The number of para-hydroxylation sites is 1. The molecule has 0 saturated carbocycles. The van der Waals surface area contributed by atoms with Crippen molar-refractivity contribution in [2.45, 2.75) is 20.8 Å². The number of halogens is 5. The van der Waals surface area contributed by atoms with Gasteiger partial charge in [-0.1, -0.05) is 18.2 Å². The van der Waals surface area contributed by atoms with Crippen molar-refractivity contribution < 1.29 is 26.7 Å². The molecule has 0 unspecified atom stereocenters. The fraction of sp³-hybridized carbons (Fsp3) is 0.182. The highest BCUT2D eigenvalue weighted by atomic mass is 19.2. The minimum absolute atomic E-state index is 0.0129. The molecule has 0 radical (unpaired) electrons. The van der Waals surface area contributed by atoms with E-state index in [9.17, 15) is 26.7 Å². The summed E-state index contributed by atoms with van der Waals surface area (Å²) in [5.41, 5.74) is 2.14. The Kier molecular flexibility index (Phi) is 4.72. The van der Waals surface area contributed by atoms with Gasteiger partial charge in [-0.2, -0.15) is 10.1 Å². The second-order valence-electron chi connectivity index (χ2n) is 7.31. The molecule has 2 heterocycles. The molecule has 1 amide bonds. The molecule has 9 heteroatoms. The topological polar surface area (TPSA) is 37.6 Å². The lowest BCUT2D eigenvalue weighted by Crippen LogP contribution is -2.25. The van der Waals surface area contributed by atoms with Crippen LogP contribution in [-0.2, 0) is 11.8 Å². The molecule has 0 aliphatic carbocycles. The van der Waals surface area contributed by atoms with Crippen molar-refractivity contribution in [2.75, 3.05) is 5.01 Å². The van der Waals surface area contributed by atoms with Gasteiger partial charge in [0, 0.05) is 23.7 Å². The average Bonchev–Trinajstić information content (AvgIpc) is 3.14. The maximum atomic E-state index is 14.2. The Balaban J connectivity index is 1.88. The van der Waals surface area contributed by atoms with Crippen LogP contribution in [0.25, 0.3) is 17.0 Å². The van der Waals surface area contributed by atoms with Gasteiger partial charge in [0.05, 0.1) is 16.8 Å². The Morgan fingerprint density at radius 2 is 1.48 bits per heavy atom. The number of aromatic nitrogens is 1. The maximum absolute atomic E-state index is 14.2. The van der Waals surface area contributed by atoms with E-state index in [-0.39, 0.29) is 16.3 Å². The van der Waals surface area contributed by atoms with Crippen molar-refractivity contribution in [3.8, 4) is 0 Å². The first-order valence-corrected chi connectivity index (χ1v) is 9.24. The summed E-state index contributed by atoms with van der Waals surface area (Å²) in [7, 11) is 1.87. The molecular weight excluding hydrogens is 417 g/mol. The second-order valence-corrected chi connectivity index (χ2v) is 7.31. The van der Waals surface area contributed by atoms with Gasteiger partial charge in [-0.25, -0.2) is 22.0 Å². The minimum atomic E-state index is -2.30. The third-order valence-electron chi connectivity index (χ3n) is 5.51. The van der Waals surface area contributed by atoms with Crippen LogP contribution in [0.1, 0.15) is 23.7 Å². The van der Waals surface area contributed by atoms with Crippen molar-refractivity contribution in [2.24, 2.45) is 12.1 Å². The quantitative estimate of drug-likeness (QED) is 0.234. The summed E-state index contributed by atoms with van der Waals surface area (Å²) in [5, 5.41) is 4.84. The van der Waals surface area contributed by atoms with E-state index in [1.165, 1.54) is 13.0 Å². The molecule has 0 fully saturated rings. The van der Waals surface area contributed by atoms with Crippen LogP contribution in [-0.4, -0.2) is 16.2 Å². The number of carbonyl (C=O) groups excluding carboxylic acids is 1. The zero-order chi connectivity index (χ0) is 22.8. The highest BCUT2D eigenvalue weighted by Crippen LogP contribution is 2.35. The van der Waals surface area contributed by atoms with E-state index in [1.54, 1.807) is 0 Å². The number of rotatable bonds is 2. The van der Waals surface area contributed by atoms with Crippen molar-refractivity contribution in [3.05, 3.63) is 69.7 Å². The Labute approximate surface area is 173 Å². The van der Waals surface area contributed by atoms with Gasteiger partial charge in [-0.3, -0.25) is 4.79 Å². The number of aryl methyl sites for hydroxylation is 2. The van der Waals surface area contributed by atoms with Gasteiger partial charge in [0.15, 0.2) is 23.3 Å². The summed E-state index contributed by atoms with van der Waals surface area (Å²) < 4.78 is 71.0. The van der Waals surface area contributed by atoms with E-state index < -0.39 is 40.7 Å². The van der Waals surface area contributed by atoms with Gasteiger partial charge in [-0.15, -0.1) is 0 Å². The normalized spacial score (nSPS) is 15.5. The Bertz CT molecular complexity index is 1320. The van der Waals surface area contributed by atoms with Crippen LogP contribution >= 0.6 is 0 Å². The van der Waals surface area contributed by atoms with E-state index in [1.807, 2.05) is 43.7 Å². The van der Waals surface area contributed by atoms with Gasteiger partial charge in [0.1, 0.15) is 5.69 Å². The Hall–Kier alpha value is -3.49. The largest absolute Gasteiger partial charge is 0.347 e. The van der Waals surface area contributed by atoms with Crippen LogP contribution in [0.3, 0.4) is 0 Å². The van der Waals surface area contributed by atoms with E-state index in [0.717, 1.165) is 22.2 Å². The zero-order valence-corrected chi connectivity index (χ0v) is 16.9. The van der Waals surface area contributed by atoms with Crippen molar-refractivity contribution in [1.82, 2.24) is 4.57 Å². The summed E-state index contributed by atoms with van der Waals surface area (Å²) in [4.78, 5) is 12.9. The first-order valence-electron chi connectivity index (χ1n) is 9.24. The molecular formula is C22H16F5N3O. The van der Waals surface area contributed by atoms with Gasteiger partial charge < -0.3 is 4.57 Å². The summed E-state index contributed by atoms with van der Waals surface area (Å²) in [6.07, 6.45) is 1.52. The molecule has 0 spiro atoms. The molecule has 1 aromatic heterocycles. The predicted molar refractivity (Wildman–Crippen MR) is 107 cm³/mol. The summed E-state index contributed by atoms with van der Waals surface area (Å²) in [6, 6.07) is 5.67. The fourth-order valence-electron chi connectivity index (χ4n) is 3.81. The number of fused-ring (bicyclic) bond motifs is 1. The van der Waals surface area contributed by atoms with E-state index in [4.69, 9.17) is 0 Å². The van der Waals surface area contributed by atoms with Gasteiger partial charge in [0.2, 0.25) is 5.82 Å². The average molecular weight is 433 g/mol. The molecule has 0 bridgehead atoms. The standard InChI is InChI=1S/C22H16F5N3O/c1-9-6-5-7-12-14(11(3)29(4)20(9)12)8-13-10(2)28-30(22(13)31)21-18(26)16(24)15(23)17(25)19(21)27/h5-8H,1-4H3/b13-8+. The van der Waals surface area contributed by atoms with Crippen molar-refractivity contribution in [3.63, 3.8) is 0 Å². The van der Waals surface area contributed by atoms with Gasteiger partial charge in [-0.05, 0) is 32.4 Å². The smallest absolute Gasteiger partial charge is 0.280 e. The molecule has 0 saturated heterocycles. The number of benzene rings is 2. The SMILES string of the molecule is CC1=NN(c2c(F)c(F)c(F)c(F)c2F)C(=O)/C1=C/c1c(C)n(C)c2c(C)cccc12. The lowest BCUT2D eigenvalue weighted by Gasteiger charge is -2.15. The van der Waals surface area contributed by atoms with Crippen LogP contribution < -0.4 is 5.01 Å². The molecule has 0 atom stereocenters. The third kappa shape index (κ3) is 2.87. The number of nitrogens with zero attached hydrogens (tertiary/aromatic N) is 3. The number of amides is 1. The second kappa shape index (κ2) is 7.04. The first-order chi connectivity index (χ1) is 14.6. The maximum Gasteiger partial charge on any atom is 0.280 e. The lowest BCUT2D eigenvalue weighted by atomic mass is 10.0. The predicted octanol–water partition coefficient (Wildman–Crippen LogP) is 5.30. The van der Waals surface area contributed by atoms with Gasteiger partial charge >= 0.3 is 0 Å². The van der Waals surface area contributed by atoms with Crippen LogP contribution in [0, 0.1) is 42.9 Å². The molecule has 4 rings (SSSR count). The Morgan fingerprint density at radius 1 is 0.903 bits per heavy atom. The molecule has 4 nitrogen and oxygen atoms in total. The van der Waals surface area contributed by atoms with Crippen LogP contribution in [0.4, 0.5) is 27.6 Å². The number of hydrogen-bond acceptors (Lipinski definition) is 2. The summed E-state index contributed by atoms with van der Waals surface area (Å²) in [6.45, 7) is 5.21. The summed E-state index contributed by atoms with van der Waals surface area (Å²) >= 11 is 0. The van der Waals surface area contributed by atoms with Gasteiger partial charge in [0.25, 0.3) is 5.91 Å². The van der Waals surface area contributed by atoms with E-state index in [2.05, 4.69) is 5.10 Å². The monoisotopic (exact) mass is 433 g/mol. The Morgan fingerprint density at radius 3 is 2.10 bits per heavy atom. The van der Waals surface area contributed by atoms with E-state index in [0.29, 0.717) is 5.56 Å². The highest BCUT2D eigenvalue weighted by molar-refractivity contribution is 6.32. The fourth-order valence-corrected chi connectivity index (χ4v) is 3.81. The number of hydrazone groups is 1. The minimum Gasteiger partial charge on any atom is -0.347 e. The van der Waals surface area contributed by atoms with Crippen molar-refractivity contribution in [1.29, 1.82) is 0 Å². The molecule has 1 aliphatic heterocycles. The zero-order valence-electron chi connectivity index (χ0n) is 16.9. The van der Waals surface area contributed by atoms with Crippen LogP contribution in [0.5, 0.6) is 0 Å². The number of anilines is 1. The first kappa shape index (κ1) is 20.8. The highest BCUT2D eigenvalue weighted by Gasteiger charge is 2.37. The molecule has 1 aliphatic rings. The molecule has 3 aromatic rings. The molecule has 0 N–H and O–H groups in total.